The molecule has 0 saturated carbocycles. The molecule has 0 bridgehead atoms. The molecule has 0 aliphatic rings. The van der Waals surface area contributed by atoms with Gasteiger partial charge in [-0.05, 0) is 20.8 Å². The lowest BCUT2D eigenvalue weighted by Gasteiger charge is -2.26. The van der Waals surface area contributed by atoms with Gasteiger partial charge in [0.2, 0.25) is 0 Å². The zero-order chi connectivity index (χ0) is 11.8. The summed E-state index contributed by atoms with van der Waals surface area (Å²) in [6.07, 6.45) is -3.17. The lowest BCUT2D eigenvalue weighted by molar-refractivity contribution is -0.172. The molecule has 0 spiro atoms. The number of rotatable bonds is 2. The van der Waals surface area contributed by atoms with Crippen LogP contribution in [0, 0.1) is 13.8 Å². The first-order valence-corrected chi connectivity index (χ1v) is 4.57. The Morgan fingerprint density at radius 1 is 1.40 bits per heavy atom. The Bertz CT molecular complexity index is 341. The number of halogens is 3. The second kappa shape index (κ2) is 3.84. The maximum atomic E-state index is 12.7. The van der Waals surface area contributed by atoms with Gasteiger partial charge >= 0.3 is 6.18 Å². The Balaban J connectivity index is 3.17. The van der Waals surface area contributed by atoms with Gasteiger partial charge in [0.15, 0.2) is 0 Å². The average molecular weight is 221 g/mol. The summed E-state index contributed by atoms with van der Waals surface area (Å²) in [4.78, 5) is 3.84. The van der Waals surface area contributed by atoms with E-state index in [1.165, 1.54) is 13.3 Å². The smallest absolute Gasteiger partial charge is 0.326 e. The molecule has 6 heteroatoms. The van der Waals surface area contributed by atoms with Crippen LogP contribution in [-0.2, 0) is 0 Å². The molecule has 1 aromatic rings. The van der Waals surface area contributed by atoms with Gasteiger partial charge in [0.05, 0.1) is 12.0 Å². The summed E-state index contributed by atoms with van der Waals surface area (Å²) in [5.74, 6) is 0. The summed E-state index contributed by atoms with van der Waals surface area (Å²) in [6, 6.07) is -2.71. The summed E-state index contributed by atoms with van der Waals surface area (Å²) in [7, 11) is 0. The Labute approximate surface area is 86.1 Å². The Kier molecular flexibility index (Phi) is 3.08. The highest BCUT2D eigenvalue weighted by Crippen LogP contribution is 2.33. The van der Waals surface area contributed by atoms with Crippen LogP contribution in [0.5, 0.6) is 0 Å². The molecule has 0 amide bonds. The second-order valence-corrected chi connectivity index (χ2v) is 3.67. The van der Waals surface area contributed by atoms with E-state index in [0.717, 1.165) is 4.57 Å². The minimum absolute atomic E-state index is 0.495. The molecule has 0 aliphatic carbocycles. The number of hydrogen-bond donors (Lipinski definition) is 1. The van der Waals surface area contributed by atoms with E-state index in [0.29, 0.717) is 11.4 Å². The van der Waals surface area contributed by atoms with Gasteiger partial charge < -0.3 is 10.3 Å². The Morgan fingerprint density at radius 2 is 1.93 bits per heavy atom. The number of aryl methyl sites for hydroxylation is 1. The minimum atomic E-state index is -4.36. The molecule has 1 heterocycles. The van der Waals surface area contributed by atoms with Crippen molar-refractivity contribution in [1.82, 2.24) is 9.55 Å². The molecule has 15 heavy (non-hydrogen) atoms. The highest BCUT2D eigenvalue weighted by molar-refractivity contribution is 5.11. The lowest BCUT2D eigenvalue weighted by Crippen LogP contribution is -2.40. The van der Waals surface area contributed by atoms with Crippen LogP contribution in [-0.4, -0.2) is 21.8 Å². The second-order valence-electron chi connectivity index (χ2n) is 3.67. The molecule has 0 fully saturated rings. The van der Waals surface area contributed by atoms with E-state index in [2.05, 4.69) is 4.98 Å². The third kappa shape index (κ3) is 2.31. The van der Waals surface area contributed by atoms with Gasteiger partial charge in [-0.15, -0.1) is 0 Å². The quantitative estimate of drug-likeness (QED) is 0.829. The third-order valence-corrected chi connectivity index (χ3v) is 2.42. The minimum Gasteiger partial charge on any atom is -0.326 e. The van der Waals surface area contributed by atoms with Gasteiger partial charge in [-0.25, -0.2) is 4.98 Å². The van der Waals surface area contributed by atoms with E-state index in [1.807, 2.05) is 0 Å². The molecule has 1 aromatic heterocycles. The molecule has 2 unspecified atom stereocenters. The van der Waals surface area contributed by atoms with Crippen molar-refractivity contribution in [1.29, 1.82) is 0 Å². The van der Waals surface area contributed by atoms with Crippen molar-refractivity contribution in [3.05, 3.63) is 17.7 Å². The Morgan fingerprint density at radius 3 is 2.20 bits per heavy atom. The summed E-state index contributed by atoms with van der Waals surface area (Å²) in [6.45, 7) is 4.61. The standard InChI is InChI=1S/C9H14F3N3/c1-5(13)8(9(10,11)12)15-4-14-6(2)7(15)3/h4-5,8H,13H2,1-3H3. The normalized spacial score (nSPS) is 16.5. The summed E-state index contributed by atoms with van der Waals surface area (Å²) >= 11 is 0. The van der Waals surface area contributed by atoms with Crippen molar-refractivity contribution in [3.63, 3.8) is 0 Å². The monoisotopic (exact) mass is 221 g/mol. The van der Waals surface area contributed by atoms with Gasteiger partial charge in [-0.2, -0.15) is 13.2 Å². The van der Waals surface area contributed by atoms with Crippen LogP contribution in [0.4, 0.5) is 13.2 Å². The summed E-state index contributed by atoms with van der Waals surface area (Å²) in [5.41, 5.74) is 6.45. The maximum absolute atomic E-state index is 12.7. The molecular weight excluding hydrogens is 207 g/mol. The van der Waals surface area contributed by atoms with E-state index in [-0.39, 0.29) is 0 Å². The van der Waals surface area contributed by atoms with Crippen molar-refractivity contribution >= 4 is 0 Å². The van der Waals surface area contributed by atoms with Gasteiger partial charge in [0.25, 0.3) is 0 Å². The first kappa shape index (κ1) is 12.0. The summed E-state index contributed by atoms with van der Waals surface area (Å²) in [5, 5.41) is 0. The van der Waals surface area contributed by atoms with E-state index in [1.54, 1.807) is 13.8 Å². The maximum Gasteiger partial charge on any atom is 0.410 e. The molecule has 0 aliphatic heterocycles. The van der Waals surface area contributed by atoms with E-state index in [9.17, 15) is 13.2 Å². The van der Waals surface area contributed by atoms with Gasteiger partial charge in [0.1, 0.15) is 6.04 Å². The van der Waals surface area contributed by atoms with Crippen molar-refractivity contribution in [2.24, 2.45) is 5.73 Å². The topological polar surface area (TPSA) is 43.8 Å². The fourth-order valence-corrected chi connectivity index (χ4v) is 1.51. The molecule has 0 radical (unpaired) electrons. The van der Waals surface area contributed by atoms with E-state index in [4.69, 9.17) is 5.73 Å². The van der Waals surface area contributed by atoms with Crippen LogP contribution in [0.3, 0.4) is 0 Å². The molecule has 0 saturated heterocycles. The van der Waals surface area contributed by atoms with E-state index < -0.39 is 18.3 Å². The molecule has 0 aromatic carbocycles. The van der Waals surface area contributed by atoms with Crippen molar-refractivity contribution < 1.29 is 13.2 Å². The predicted molar refractivity (Wildman–Crippen MR) is 50.4 cm³/mol. The molecule has 2 atom stereocenters. The zero-order valence-electron chi connectivity index (χ0n) is 8.84. The fourth-order valence-electron chi connectivity index (χ4n) is 1.51. The van der Waals surface area contributed by atoms with Crippen LogP contribution in [0.15, 0.2) is 6.33 Å². The van der Waals surface area contributed by atoms with Crippen LogP contribution in [0.1, 0.15) is 24.4 Å². The van der Waals surface area contributed by atoms with E-state index >= 15 is 0 Å². The fraction of sp³-hybridized carbons (Fsp3) is 0.667. The highest BCUT2D eigenvalue weighted by Gasteiger charge is 2.43. The van der Waals surface area contributed by atoms with Gasteiger partial charge in [-0.3, -0.25) is 0 Å². The SMILES string of the molecule is Cc1ncn(C(C(C)N)C(F)(F)F)c1C. The first-order valence-electron chi connectivity index (χ1n) is 4.57. The average Bonchev–Trinajstić information content (AvgIpc) is 2.33. The number of hydrogen-bond acceptors (Lipinski definition) is 2. The van der Waals surface area contributed by atoms with Crippen molar-refractivity contribution in [3.8, 4) is 0 Å². The molecule has 86 valence electrons. The van der Waals surface area contributed by atoms with Crippen molar-refractivity contribution in [2.75, 3.05) is 0 Å². The Hall–Kier alpha value is -1.04. The number of nitrogens with two attached hydrogens (primary N) is 1. The predicted octanol–water partition coefficient (Wildman–Crippen LogP) is 1.95. The third-order valence-electron chi connectivity index (χ3n) is 2.42. The van der Waals surface area contributed by atoms with Crippen LogP contribution < -0.4 is 5.73 Å². The number of imidazole rings is 1. The largest absolute Gasteiger partial charge is 0.410 e. The van der Waals surface area contributed by atoms with Crippen LogP contribution in [0.2, 0.25) is 0 Å². The molecule has 2 N–H and O–H groups in total. The van der Waals surface area contributed by atoms with Crippen LogP contribution >= 0.6 is 0 Å². The van der Waals surface area contributed by atoms with Crippen molar-refractivity contribution in [2.45, 2.75) is 39.0 Å². The highest BCUT2D eigenvalue weighted by atomic mass is 19.4. The molecule has 1 rings (SSSR count). The summed E-state index contributed by atoms with van der Waals surface area (Å²) < 4.78 is 39.2. The number of nitrogens with zero attached hydrogens (tertiary/aromatic N) is 2. The number of alkyl halides is 3. The lowest BCUT2D eigenvalue weighted by atomic mass is 10.1. The zero-order valence-corrected chi connectivity index (χ0v) is 8.84. The molecular formula is C9H14F3N3. The van der Waals surface area contributed by atoms with Crippen LogP contribution in [0.25, 0.3) is 0 Å². The van der Waals surface area contributed by atoms with Gasteiger partial charge in [-0.1, -0.05) is 0 Å². The van der Waals surface area contributed by atoms with Gasteiger partial charge in [0, 0.05) is 11.7 Å². The molecule has 3 nitrogen and oxygen atoms in total. The first-order chi connectivity index (χ1) is 6.75. The number of aromatic nitrogens is 2.